The van der Waals surface area contributed by atoms with Gasteiger partial charge in [0.25, 0.3) is 0 Å². The molecule has 0 spiro atoms. The van der Waals surface area contributed by atoms with E-state index in [1.807, 2.05) is 0 Å². The van der Waals surface area contributed by atoms with Crippen LogP contribution in [0.4, 0.5) is 0 Å². The van der Waals surface area contributed by atoms with Gasteiger partial charge in [0.2, 0.25) is 0 Å². The number of halogens is 1. The Bertz CT molecular complexity index is 526. The third-order valence-corrected chi connectivity index (χ3v) is 4.98. The number of rotatable bonds is 10. The molecule has 2 unspecified atom stereocenters. The van der Waals surface area contributed by atoms with Crippen LogP contribution >= 0.6 is 24.0 Å². The Morgan fingerprint density at radius 3 is 2.81 bits per heavy atom. The molecule has 2 rings (SSSR count). The minimum Gasteiger partial charge on any atom is -0.383 e. The zero-order valence-electron chi connectivity index (χ0n) is 17.1. The molecule has 0 amide bonds. The quantitative estimate of drug-likeness (QED) is 0.302. The van der Waals surface area contributed by atoms with Crippen LogP contribution in [-0.4, -0.2) is 62.8 Å². The second kappa shape index (κ2) is 14.2. The Morgan fingerprint density at radius 1 is 1.33 bits per heavy atom. The van der Waals surface area contributed by atoms with Crippen LogP contribution in [0.3, 0.4) is 0 Å². The highest BCUT2D eigenvalue weighted by Gasteiger charge is 2.23. The van der Waals surface area contributed by atoms with Crippen LogP contribution in [-0.2, 0) is 11.2 Å². The Kier molecular flexibility index (Phi) is 12.7. The molecule has 0 aliphatic carbocycles. The molecule has 1 fully saturated rings. The van der Waals surface area contributed by atoms with Crippen LogP contribution in [0, 0.1) is 0 Å². The van der Waals surface area contributed by atoms with Crippen molar-refractivity contribution < 1.29 is 4.74 Å². The number of nitrogens with one attached hydrogen (secondary N) is 2. The van der Waals surface area contributed by atoms with Gasteiger partial charge in [-0.2, -0.15) is 0 Å². The first-order chi connectivity index (χ1) is 12.7. The summed E-state index contributed by atoms with van der Waals surface area (Å²) in [5, 5.41) is 6.96. The lowest BCUT2D eigenvalue weighted by Crippen LogP contribution is -2.43. The van der Waals surface area contributed by atoms with E-state index in [1.165, 1.54) is 24.9 Å². The van der Waals surface area contributed by atoms with E-state index in [2.05, 4.69) is 59.7 Å². The lowest BCUT2D eigenvalue weighted by molar-refractivity contribution is 0.142. The van der Waals surface area contributed by atoms with E-state index in [4.69, 9.17) is 9.73 Å². The summed E-state index contributed by atoms with van der Waals surface area (Å²) >= 11 is 0. The molecule has 1 aliphatic rings. The molecule has 0 radical (unpaired) electrons. The molecule has 154 valence electrons. The van der Waals surface area contributed by atoms with Gasteiger partial charge in [-0.3, -0.25) is 9.89 Å². The number of aryl methyl sites for hydroxylation is 1. The van der Waals surface area contributed by atoms with E-state index in [-0.39, 0.29) is 24.0 Å². The molecule has 0 bridgehead atoms. The van der Waals surface area contributed by atoms with E-state index in [0.29, 0.717) is 12.1 Å². The summed E-state index contributed by atoms with van der Waals surface area (Å²) in [6.45, 7) is 9.06. The molecule has 1 aromatic rings. The zero-order valence-corrected chi connectivity index (χ0v) is 19.4. The molecule has 1 aromatic carbocycles. The molecule has 0 aromatic heterocycles. The number of hydrogen-bond acceptors (Lipinski definition) is 3. The van der Waals surface area contributed by atoms with Crippen molar-refractivity contribution in [2.45, 2.75) is 51.6 Å². The van der Waals surface area contributed by atoms with E-state index in [0.717, 1.165) is 45.0 Å². The maximum atomic E-state index is 5.23. The number of likely N-dealkylation sites (tertiary alicyclic amines) is 1. The fourth-order valence-electron chi connectivity index (χ4n) is 3.45. The summed E-state index contributed by atoms with van der Waals surface area (Å²) in [6.07, 6.45) is 4.68. The topological polar surface area (TPSA) is 48.9 Å². The largest absolute Gasteiger partial charge is 0.383 e. The maximum Gasteiger partial charge on any atom is 0.191 e. The van der Waals surface area contributed by atoms with Crippen molar-refractivity contribution >= 4 is 29.9 Å². The van der Waals surface area contributed by atoms with Crippen molar-refractivity contribution in [1.29, 1.82) is 0 Å². The van der Waals surface area contributed by atoms with Gasteiger partial charge in [-0.05, 0) is 51.6 Å². The smallest absolute Gasteiger partial charge is 0.191 e. The number of benzene rings is 1. The second-order valence-electron chi connectivity index (χ2n) is 7.11. The molecule has 1 saturated heterocycles. The average Bonchev–Trinajstić information content (AvgIpc) is 3.11. The normalized spacial score (nSPS) is 18.8. The van der Waals surface area contributed by atoms with Gasteiger partial charge in [0.05, 0.1) is 13.2 Å². The molecule has 27 heavy (non-hydrogen) atoms. The monoisotopic (exact) mass is 488 g/mol. The minimum atomic E-state index is 0. The predicted octanol–water partition coefficient (Wildman–Crippen LogP) is 3.29. The van der Waals surface area contributed by atoms with Crippen LogP contribution in [0.5, 0.6) is 0 Å². The Morgan fingerprint density at radius 2 is 2.11 bits per heavy atom. The third kappa shape index (κ3) is 9.25. The Balaban J connectivity index is 0.00000364. The Labute approximate surface area is 182 Å². The average molecular weight is 488 g/mol. The first-order valence-electron chi connectivity index (χ1n) is 10.0. The van der Waals surface area contributed by atoms with Crippen molar-refractivity contribution in [3.63, 3.8) is 0 Å². The number of aliphatic imine (C=N–C) groups is 1. The number of nitrogens with zero attached hydrogens (tertiary/aromatic N) is 2. The number of hydrogen-bond donors (Lipinski definition) is 2. The summed E-state index contributed by atoms with van der Waals surface area (Å²) < 4.78 is 5.23. The van der Waals surface area contributed by atoms with Crippen molar-refractivity contribution in [3.05, 3.63) is 35.9 Å². The van der Waals surface area contributed by atoms with E-state index >= 15 is 0 Å². The van der Waals surface area contributed by atoms with Crippen molar-refractivity contribution in [3.8, 4) is 0 Å². The van der Waals surface area contributed by atoms with E-state index < -0.39 is 0 Å². The summed E-state index contributed by atoms with van der Waals surface area (Å²) in [6, 6.07) is 11.6. The van der Waals surface area contributed by atoms with Crippen LogP contribution < -0.4 is 10.6 Å². The van der Waals surface area contributed by atoms with Crippen molar-refractivity contribution in [2.24, 2.45) is 4.99 Å². The first kappa shape index (κ1) is 24.2. The highest BCUT2D eigenvalue weighted by atomic mass is 127. The van der Waals surface area contributed by atoms with Crippen LogP contribution in [0.25, 0.3) is 0 Å². The highest BCUT2D eigenvalue weighted by molar-refractivity contribution is 14.0. The van der Waals surface area contributed by atoms with Crippen LogP contribution in [0.2, 0.25) is 0 Å². The fourth-order valence-corrected chi connectivity index (χ4v) is 3.45. The SMILES string of the molecule is CCNC(=NCC1CCCN1CCOC)NC(C)CCc1ccccc1.I. The first-order valence-corrected chi connectivity index (χ1v) is 10.0. The number of guanidine groups is 1. The van der Waals surface area contributed by atoms with Gasteiger partial charge in [0.1, 0.15) is 0 Å². The molecule has 2 N–H and O–H groups in total. The lowest BCUT2D eigenvalue weighted by Gasteiger charge is -2.23. The highest BCUT2D eigenvalue weighted by Crippen LogP contribution is 2.16. The van der Waals surface area contributed by atoms with Crippen molar-refractivity contribution in [2.75, 3.05) is 39.9 Å². The van der Waals surface area contributed by atoms with Crippen LogP contribution in [0.15, 0.2) is 35.3 Å². The molecule has 5 nitrogen and oxygen atoms in total. The van der Waals surface area contributed by atoms with E-state index in [9.17, 15) is 0 Å². The van der Waals surface area contributed by atoms with Gasteiger partial charge in [0.15, 0.2) is 5.96 Å². The fraction of sp³-hybridized carbons (Fsp3) is 0.667. The number of methoxy groups -OCH3 is 1. The molecular formula is C21H37IN4O. The van der Waals surface area contributed by atoms with Gasteiger partial charge >= 0.3 is 0 Å². The third-order valence-electron chi connectivity index (χ3n) is 4.98. The zero-order chi connectivity index (χ0) is 18.6. The summed E-state index contributed by atoms with van der Waals surface area (Å²) in [7, 11) is 1.77. The minimum absolute atomic E-state index is 0. The van der Waals surface area contributed by atoms with Gasteiger partial charge in [0, 0.05) is 32.3 Å². The van der Waals surface area contributed by atoms with Gasteiger partial charge in [-0.15, -0.1) is 24.0 Å². The van der Waals surface area contributed by atoms with Gasteiger partial charge in [-0.25, -0.2) is 0 Å². The van der Waals surface area contributed by atoms with Crippen molar-refractivity contribution in [1.82, 2.24) is 15.5 Å². The molecule has 1 aliphatic heterocycles. The summed E-state index contributed by atoms with van der Waals surface area (Å²) in [5.74, 6) is 0.937. The summed E-state index contributed by atoms with van der Waals surface area (Å²) in [4.78, 5) is 7.37. The van der Waals surface area contributed by atoms with Crippen LogP contribution in [0.1, 0.15) is 38.7 Å². The number of ether oxygens (including phenoxy) is 1. The standard InChI is InChI=1S/C21H36N4O.HI/c1-4-22-21(23-17-20-11-8-14-25(20)15-16-26-3)24-18(2)12-13-19-9-6-5-7-10-19;/h5-7,9-10,18,20H,4,8,11-17H2,1-3H3,(H2,22,23,24);1H. The predicted molar refractivity (Wildman–Crippen MR) is 125 cm³/mol. The molecular weight excluding hydrogens is 451 g/mol. The maximum absolute atomic E-state index is 5.23. The molecule has 1 heterocycles. The lowest BCUT2D eigenvalue weighted by atomic mass is 10.1. The summed E-state index contributed by atoms with van der Waals surface area (Å²) in [5.41, 5.74) is 1.39. The molecule has 2 atom stereocenters. The van der Waals surface area contributed by atoms with Gasteiger partial charge < -0.3 is 15.4 Å². The molecule has 0 saturated carbocycles. The van der Waals surface area contributed by atoms with E-state index in [1.54, 1.807) is 7.11 Å². The molecule has 6 heteroatoms. The second-order valence-corrected chi connectivity index (χ2v) is 7.11. The van der Waals surface area contributed by atoms with Gasteiger partial charge in [-0.1, -0.05) is 30.3 Å². The Hall–Kier alpha value is -0.860.